The highest BCUT2D eigenvalue weighted by molar-refractivity contribution is 7.89. The molecule has 510 valence electrons. The first-order valence-corrected chi connectivity index (χ1v) is 32.9. The monoisotopic (exact) mass is 1360 g/mol. The van der Waals surface area contributed by atoms with Crippen LogP contribution in [0.1, 0.15) is 40.7 Å². The molecule has 1 saturated carbocycles. The Labute approximate surface area is 553 Å². The zero-order valence-corrected chi connectivity index (χ0v) is 52.9. The fraction of sp³-hybridized carbons (Fsp3) is 0.409. The van der Waals surface area contributed by atoms with Crippen molar-refractivity contribution in [2.45, 2.75) is 138 Å². The van der Waals surface area contributed by atoms with Gasteiger partial charge in [0, 0.05) is 5.88 Å². The second kappa shape index (κ2) is 36.0. The van der Waals surface area contributed by atoms with Gasteiger partial charge in [0.25, 0.3) is 0 Å². The standard InChI is InChI=1S/C66H77ClN6O21S/c67-31-16-32-95(82,83)73-51-33-52(72-66(81)88-41-46-25-14-5-15-26-46)56(92-59-49(70-64(79)86-39-44-21-10-3-11-22-44)29-27-47(89-59)34-68-62(77)84-37-42-17-6-1-7-18-42)58(54(51)75)94-61-55(76)57(53(36-74)91-61)93-60-50(71-65(80)87-40-45-23-12-4-13-24-45)30-28-48(90-60)35-69-63(78)85-38-43-19-8-2-9-20-43/h1-15,17-30,47-61,73-76H,16,31-41H2,(H,68,77)(H,69,78)(H,70,79)(H,71,80)(H,72,81)/t47-,48+,49+,50+,51+,52-,53+,54-,55+,56+,57+,58+,59+,60+,61-/m0/s1. The van der Waals surface area contributed by atoms with E-state index >= 15 is 0 Å². The molecule has 0 spiro atoms. The lowest BCUT2D eigenvalue weighted by atomic mass is 9.83. The number of hydrogen-bond acceptors (Lipinski definition) is 21. The Morgan fingerprint density at radius 3 is 1.24 bits per heavy atom. The minimum Gasteiger partial charge on any atom is -0.445 e. The maximum Gasteiger partial charge on any atom is 0.408 e. The zero-order chi connectivity index (χ0) is 66.9. The van der Waals surface area contributed by atoms with Gasteiger partial charge in [-0.15, -0.1) is 11.6 Å². The van der Waals surface area contributed by atoms with Crippen LogP contribution in [0.5, 0.6) is 0 Å². The van der Waals surface area contributed by atoms with Crippen LogP contribution in [0.25, 0.3) is 0 Å². The SMILES string of the molecule is O=C(NC[C@H]1C=C[C@@H](NC(=O)OCc2ccccc2)[C@@H](O[C@H]2[C@@H](O)[C@H](O[C@@H]3[C@@H](O)[C@H](NS(=O)(=O)CCCCl)C[C@H](NC(=O)OCc4ccccc4)[C@H]3O[C@H]3O[C@H](CNC(=O)OCc4ccccc4)C=C[C@H]3NC(=O)OCc3ccccc3)O[C@@H]2CO)O1)OCc1ccccc1. The third-order valence-corrected chi connectivity index (χ3v) is 17.1. The Balaban J connectivity index is 0.996. The molecule has 1 aliphatic carbocycles. The fourth-order valence-corrected chi connectivity index (χ4v) is 12.2. The van der Waals surface area contributed by atoms with E-state index in [1.54, 1.807) is 146 Å². The van der Waals surface area contributed by atoms with Crippen LogP contribution in [-0.2, 0) is 95.2 Å². The number of nitrogens with one attached hydrogen (secondary N) is 6. The number of ether oxygens (including phenoxy) is 11. The van der Waals surface area contributed by atoms with Gasteiger partial charge in [-0.25, -0.2) is 37.1 Å². The summed E-state index contributed by atoms with van der Waals surface area (Å²) in [6.07, 6.45) is -16.4. The number of halogens is 1. The van der Waals surface area contributed by atoms with Crippen LogP contribution in [-0.4, -0.2) is 177 Å². The van der Waals surface area contributed by atoms with Crippen molar-refractivity contribution in [2.75, 3.05) is 31.3 Å². The summed E-state index contributed by atoms with van der Waals surface area (Å²) in [6.45, 7) is -1.82. The number of aliphatic hydroxyl groups excluding tert-OH is 3. The summed E-state index contributed by atoms with van der Waals surface area (Å²) < 4.78 is 96.3. The molecule has 3 aliphatic heterocycles. The topological polar surface area (TPSA) is 354 Å². The molecular weight excluding hydrogens is 1280 g/mol. The fourth-order valence-electron chi connectivity index (χ4n) is 10.5. The lowest BCUT2D eigenvalue weighted by Gasteiger charge is -2.47. The van der Waals surface area contributed by atoms with Crippen molar-refractivity contribution in [3.05, 3.63) is 204 Å². The van der Waals surface area contributed by atoms with Crippen LogP contribution in [0.3, 0.4) is 0 Å². The number of carbonyl (C=O) groups is 5. The van der Waals surface area contributed by atoms with Crippen molar-refractivity contribution in [3.8, 4) is 0 Å². The minimum absolute atomic E-state index is 0.00465. The zero-order valence-electron chi connectivity index (χ0n) is 51.4. The number of aliphatic hydroxyl groups is 3. The molecule has 27 nitrogen and oxygen atoms in total. The molecular formula is C66H77ClN6O21S. The van der Waals surface area contributed by atoms with E-state index in [1.165, 1.54) is 18.2 Å². The second-order valence-electron chi connectivity index (χ2n) is 22.3. The molecule has 5 aromatic carbocycles. The number of amides is 5. The van der Waals surface area contributed by atoms with Crippen LogP contribution in [0.2, 0.25) is 0 Å². The average Bonchev–Trinajstić information content (AvgIpc) is 1.75. The van der Waals surface area contributed by atoms with Crippen molar-refractivity contribution >= 4 is 52.1 Å². The van der Waals surface area contributed by atoms with Crippen LogP contribution >= 0.6 is 11.6 Å². The normalized spacial score (nSPS) is 26.3. The maximum atomic E-state index is 14.1. The highest BCUT2D eigenvalue weighted by atomic mass is 35.5. The Bertz CT molecular complexity index is 3390. The number of hydrogen-bond donors (Lipinski definition) is 9. The summed E-state index contributed by atoms with van der Waals surface area (Å²) in [6, 6.07) is 38.9. The Kier molecular flexibility index (Phi) is 27.0. The number of alkyl carbamates (subject to hydrolysis) is 5. The van der Waals surface area contributed by atoms with Crippen LogP contribution in [0.15, 0.2) is 176 Å². The van der Waals surface area contributed by atoms with Gasteiger partial charge in [0.15, 0.2) is 18.9 Å². The Hall–Kier alpha value is -8.23. The number of rotatable bonds is 29. The van der Waals surface area contributed by atoms with E-state index in [-0.39, 0.29) is 58.4 Å². The molecule has 15 atom stereocenters. The quantitative estimate of drug-likeness (QED) is 0.0169. The molecule has 29 heteroatoms. The molecule has 0 bridgehead atoms. The van der Waals surface area contributed by atoms with Gasteiger partial charge in [-0.2, -0.15) is 0 Å². The summed E-state index contributed by atoms with van der Waals surface area (Å²) >= 11 is 5.93. The molecule has 5 amide bonds. The van der Waals surface area contributed by atoms with Gasteiger partial charge in [-0.3, -0.25) is 0 Å². The molecule has 4 aliphatic rings. The van der Waals surface area contributed by atoms with Crippen molar-refractivity contribution in [1.29, 1.82) is 0 Å². The van der Waals surface area contributed by atoms with Crippen molar-refractivity contribution < 1.29 is 99.8 Å². The van der Waals surface area contributed by atoms with Gasteiger partial charge in [0.1, 0.15) is 75.6 Å². The van der Waals surface area contributed by atoms with E-state index in [0.717, 1.165) is 11.1 Å². The summed E-state index contributed by atoms with van der Waals surface area (Å²) in [5.41, 5.74) is 3.42. The third kappa shape index (κ3) is 22.2. The van der Waals surface area contributed by atoms with E-state index in [4.69, 9.17) is 63.7 Å². The first-order valence-electron chi connectivity index (χ1n) is 30.7. The molecule has 3 heterocycles. The summed E-state index contributed by atoms with van der Waals surface area (Å²) in [5, 5.41) is 49.4. The molecule has 9 N–H and O–H groups in total. The van der Waals surface area contributed by atoms with Crippen molar-refractivity contribution in [3.63, 3.8) is 0 Å². The van der Waals surface area contributed by atoms with E-state index in [1.807, 2.05) is 12.1 Å². The van der Waals surface area contributed by atoms with E-state index < -0.39 is 151 Å². The Morgan fingerprint density at radius 1 is 0.463 bits per heavy atom. The number of alkyl halides is 1. The van der Waals surface area contributed by atoms with Gasteiger partial charge in [-0.1, -0.05) is 176 Å². The van der Waals surface area contributed by atoms with Crippen LogP contribution in [0, 0.1) is 0 Å². The van der Waals surface area contributed by atoms with Gasteiger partial charge in [-0.05, 0) is 40.7 Å². The number of carbonyl (C=O) groups excluding carboxylic acids is 5. The third-order valence-electron chi connectivity index (χ3n) is 15.3. The van der Waals surface area contributed by atoms with Gasteiger partial charge in [0.2, 0.25) is 10.0 Å². The largest absolute Gasteiger partial charge is 0.445 e. The lowest BCUT2D eigenvalue weighted by molar-refractivity contribution is -0.282. The molecule has 2 fully saturated rings. The smallest absolute Gasteiger partial charge is 0.408 e. The molecule has 0 aromatic heterocycles. The summed E-state index contributed by atoms with van der Waals surface area (Å²) in [4.78, 5) is 67.1. The number of benzene rings is 5. The average molecular weight is 1360 g/mol. The highest BCUT2D eigenvalue weighted by Crippen LogP contribution is 2.35. The molecule has 1 saturated heterocycles. The van der Waals surface area contributed by atoms with Gasteiger partial charge in [0.05, 0.1) is 55.8 Å². The maximum absolute atomic E-state index is 14.1. The lowest BCUT2D eigenvalue weighted by Crippen LogP contribution is -2.68. The first kappa shape index (κ1) is 71.1. The molecule has 5 aromatic rings. The molecule has 9 rings (SSSR count). The van der Waals surface area contributed by atoms with Crippen molar-refractivity contribution in [2.24, 2.45) is 0 Å². The molecule has 0 radical (unpaired) electrons. The summed E-state index contributed by atoms with van der Waals surface area (Å²) in [7, 11) is -4.26. The first-order chi connectivity index (χ1) is 46.1. The molecule has 0 unspecified atom stereocenters. The van der Waals surface area contributed by atoms with Gasteiger partial charge >= 0.3 is 30.5 Å². The minimum atomic E-state index is -4.26. The van der Waals surface area contributed by atoms with Gasteiger partial charge < -0.3 is 94.0 Å². The molecule has 95 heavy (non-hydrogen) atoms. The van der Waals surface area contributed by atoms with E-state index in [9.17, 15) is 47.7 Å². The highest BCUT2D eigenvalue weighted by Gasteiger charge is 2.55. The predicted octanol–water partition coefficient (Wildman–Crippen LogP) is 5.20. The summed E-state index contributed by atoms with van der Waals surface area (Å²) in [5.74, 6) is -0.516. The van der Waals surface area contributed by atoms with E-state index in [2.05, 4.69) is 31.3 Å². The number of sulfonamides is 1. The van der Waals surface area contributed by atoms with Crippen molar-refractivity contribution in [1.82, 2.24) is 31.3 Å². The van der Waals surface area contributed by atoms with Crippen LogP contribution in [0.4, 0.5) is 24.0 Å². The second-order valence-corrected chi connectivity index (χ2v) is 24.6. The van der Waals surface area contributed by atoms with E-state index in [0.29, 0.717) is 16.7 Å². The predicted molar refractivity (Wildman–Crippen MR) is 339 cm³/mol. The van der Waals surface area contributed by atoms with Crippen LogP contribution < -0.4 is 31.3 Å². The Morgan fingerprint density at radius 2 is 0.842 bits per heavy atom.